The first-order valence-electron chi connectivity index (χ1n) is 26.3. The molecule has 0 unspecified atom stereocenters. The Morgan fingerprint density at radius 2 is 0.792 bits per heavy atom. The first-order valence-corrected chi connectivity index (χ1v) is 26.3. The fourth-order valence-electron chi connectivity index (χ4n) is 11.6. The van der Waals surface area contributed by atoms with Crippen molar-refractivity contribution in [2.75, 3.05) is 21.4 Å². The van der Waals surface area contributed by atoms with Crippen LogP contribution in [0.2, 0.25) is 0 Å². The van der Waals surface area contributed by atoms with Crippen LogP contribution in [-0.2, 0) is 0 Å². The molecule has 364 valence electrons. The van der Waals surface area contributed by atoms with Crippen LogP contribution >= 0.6 is 0 Å². The predicted molar refractivity (Wildman–Crippen MR) is 322 cm³/mol. The number of hydrogen-bond acceptors (Lipinski definition) is 4. The van der Waals surface area contributed by atoms with Gasteiger partial charge in [0.25, 0.3) is 0 Å². The Morgan fingerprint density at radius 1 is 0.325 bits per heavy atom. The smallest absolute Gasteiger partial charge is 0.138 e. The van der Waals surface area contributed by atoms with E-state index < -0.39 is 0 Å². The highest BCUT2D eigenvalue weighted by Crippen LogP contribution is 2.50. The largest absolute Gasteiger partial charge is 0.321 e. The molecule has 0 saturated heterocycles. The number of nitrogens with zero attached hydrogens (tertiary/aromatic N) is 5. The highest BCUT2D eigenvalue weighted by atomic mass is 15.4. The van der Waals surface area contributed by atoms with E-state index in [1.807, 2.05) is 6.20 Å². The Bertz CT molecular complexity index is 4140. The van der Waals surface area contributed by atoms with E-state index in [1.165, 1.54) is 22.4 Å². The molecule has 0 radical (unpaired) electrons. The van der Waals surface area contributed by atoms with Crippen molar-refractivity contribution < 1.29 is 0 Å². The van der Waals surface area contributed by atoms with E-state index >= 15 is 0 Å². The van der Waals surface area contributed by atoms with Crippen LogP contribution in [0.4, 0.5) is 39.8 Å². The van der Waals surface area contributed by atoms with Crippen molar-refractivity contribution in [3.8, 4) is 61.5 Å². The van der Waals surface area contributed by atoms with Gasteiger partial charge in [0, 0.05) is 50.8 Å². The highest BCUT2D eigenvalue weighted by molar-refractivity contribution is 6.11. The van der Waals surface area contributed by atoms with Gasteiger partial charge in [0.15, 0.2) is 0 Å². The topological polar surface area (TPSA) is 27.5 Å². The molecule has 0 spiro atoms. The molecule has 5 nitrogen and oxygen atoms in total. The molecule has 0 amide bonds. The van der Waals surface area contributed by atoms with Crippen molar-refractivity contribution in [2.24, 2.45) is 0 Å². The maximum Gasteiger partial charge on any atom is 0.138 e. The highest BCUT2D eigenvalue weighted by Gasteiger charge is 2.30. The lowest BCUT2D eigenvalue weighted by Crippen LogP contribution is -2.24. The molecule has 14 rings (SSSR count). The minimum atomic E-state index is 0.670. The molecule has 1 aliphatic rings. The van der Waals surface area contributed by atoms with Gasteiger partial charge in [0.2, 0.25) is 0 Å². The summed E-state index contributed by atoms with van der Waals surface area (Å²) in [7, 11) is 0. The number of aromatic nitrogens is 2. The van der Waals surface area contributed by atoms with Crippen LogP contribution < -0.4 is 14.7 Å². The van der Waals surface area contributed by atoms with E-state index in [2.05, 4.69) is 310 Å². The summed E-state index contributed by atoms with van der Waals surface area (Å²) in [6, 6.07) is 105. The number of hydrogen-bond donors (Lipinski definition) is 0. The molecule has 3 heterocycles. The number of benzene rings is 11. The molecule has 0 atom stereocenters. The zero-order valence-electron chi connectivity index (χ0n) is 42.2. The van der Waals surface area contributed by atoms with Gasteiger partial charge in [-0.1, -0.05) is 218 Å². The number of fused-ring (bicyclic) bond motifs is 4. The van der Waals surface area contributed by atoms with Crippen LogP contribution in [0, 0.1) is 0 Å². The summed E-state index contributed by atoms with van der Waals surface area (Å²) in [5.74, 6) is 0.839. The summed E-state index contributed by atoms with van der Waals surface area (Å²) >= 11 is 0. The van der Waals surface area contributed by atoms with Gasteiger partial charge in [-0.3, -0.25) is 4.57 Å². The van der Waals surface area contributed by atoms with Gasteiger partial charge in [-0.15, -0.1) is 0 Å². The minimum Gasteiger partial charge on any atom is -0.321 e. The molecule has 0 aliphatic carbocycles. The van der Waals surface area contributed by atoms with Gasteiger partial charge in [-0.2, -0.15) is 0 Å². The molecule has 5 heteroatoms. The number of anilines is 7. The molecule has 77 heavy (non-hydrogen) atoms. The Hall–Kier alpha value is -10.2. The van der Waals surface area contributed by atoms with Gasteiger partial charge >= 0.3 is 0 Å². The molecule has 2 aromatic heterocycles. The monoisotopic (exact) mass is 985 g/mol. The third-order valence-corrected chi connectivity index (χ3v) is 15.1. The summed E-state index contributed by atoms with van der Waals surface area (Å²) in [5.41, 5.74) is 21.3. The van der Waals surface area contributed by atoms with Crippen LogP contribution in [0.25, 0.3) is 83.3 Å². The van der Waals surface area contributed by atoms with Crippen molar-refractivity contribution in [3.05, 3.63) is 297 Å². The van der Waals surface area contributed by atoms with Crippen molar-refractivity contribution in [1.29, 1.82) is 0 Å². The summed E-state index contributed by atoms with van der Waals surface area (Å²) in [5, 5.41) is 2.31. The van der Waals surface area contributed by atoms with Gasteiger partial charge in [0.05, 0.1) is 28.1 Å². The molecule has 0 N–H and O–H groups in total. The third kappa shape index (κ3) is 8.18. The lowest BCUT2D eigenvalue weighted by Gasteiger charge is -2.31. The Kier molecular flexibility index (Phi) is 11.5. The number of rotatable bonds is 11. The van der Waals surface area contributed by atoms with Crippen LogP contribution in [0.3, 0.4) is 0 Å². The summed E-state index contributed by atoms with van der Waals surface area (Å²) in [4.78, 5) is 12.6. The molecule has 0 fully saturated rings. The molecule has 0 saturated carbocycles. The average Bonchev–Trinajstić information content (AvgIpc) is 4.12. The first-order chi connectivity index (χ1) is 38.2. The Labute approximate surface area is 449 Å². The van der Waals surface area contributed by atoms with Gasteiger partial charge < -0.3 is 14.7 Å². The van der Waals surface area contributed by atoms with Crippen molar-refractivity contribution >= 4 is 61.6 Å². The number of para-hydroxylation sites is 5. The number of pyridine rings is 1. The fraction of sp³-hybridized carbons (Fsp3) is 0.0139. The summed E-state index contributed by atoms with van der Waals surface area (Å²) in [6.07, 6.45) is 1.97. The van der Waals surface area contributed by atoms with E-state index in [1.54, 1.807) is 0 Å². The molecule has 13 aromatic rings. The normalized spacial score (nSPS) is 12.1. The fourth-order valence-corrected chi connectivity index (χ4v) is 11.6. The van der Waals surface area contributed by atoms with E-state index in [9.17, 15) is 0 Å². The molecular formula is C72H51N5. The van der Waals surface area contributed by atoms with Crippen molar-refractivity contribution in [1.82, 2.24) is 9.55 Å². The Balaban J connectivity index is 0.999. The average molecular weight is 986 g/mol. The van der Waals surface area contributed by atoms with E-state index in [4.69, 9.17) is 4.98 Å². The third-order valence-electron chi connectivity index (χ3n) is 15.1. The van der Waals surface area contributed by atoms with E-state index in [0.29, 0.717) is 6.67 Å². The van der Waals surface area contributed by atoms with E-state index in [-0.39, 0.29) is 0 Å². The Morgan fingerprint density at radius 3 is 1.40 bits per heavy atom. The van der Waals surface area contributed by atoms with Crippen LogP contribution in [0.1, 0.15) is 0 Å². The van der Waals surface area contributed by atoms with Crippen molar-refractivity contribution in [2.45, 2.75) is 0 Å². The van der Waals surface area contributed by atoms with Gasteiger partial charge in [-0.25, -0.2) is 4.98 Å². The second-order valence-electron chi connectivity index (χ2n) is 19.5. The maximum absolute atomic E-state index is 5.25. The molecule has 1 aliphatic heterocycles. The lowest BCUT2D eigenvalue weighted by molar-refractivity contribution is 0.991. The van der Waals surface area contributed by atoms with Gasteiger partial charge in [0.1, 0.15) is 12.5 Å². The minimum absolute atomic E-state index is 0.670. The summed E-state index contributed by atoms with van der Waals surface area (Å²) < 4.78 is 2.36. The quantitative estimate of drug-likeness (QED) is 0.129. The predicted octanol–water partition coefficient (Wildman–Crippen LogP) is 19.2. The van der Waals surface area contributed by atoms with E-state index in [0.717, 1.165) is 101 Å². The summed E-state index contributed by atoms with van der Waals surface area (Å²) in [6.45, 7) is 0.670. The van der Waals surface area contributed by atoms with Crippen LogP contribution in [0.5, 0.6) is 0 Å². The second kappa shape index (κ2) is 19.6. The van der Waals surface area contributed by atoms with Crippen LogP contribution in [0.15, 0.2) is 297 Å². The maximum atomic E-state index is 5.25. The molecular weight excluding hydrogens is 935 g/mol. The zero-order chi connectivity index (χ0) is 51.1. The second-order valence-corrected chi connectivity index (χ2v) is 19.5. The lowest BCUT2D eigenvalue weighted by atomic mass is 9.88. The molecule has 0 bridgehead atoms. The zero-order valence-corrected chi connectivity index (χ0v) is 42.2. The molecule has 11 aromatic carbocycles. The first kappa shape index (κ1) is 45.4. The van der Waals surface area contributed by atoms with Crippen LogP contribution in [-0.4, -0.2) is 16.2 Å². The SMILES string of the molecule is c1ccc(-c2cccc(-c3ccccc3)c2-c2ccnc(-n3c4ccccc4c4ccc(N(c5cccc(N6CN(c7ccccc7)c7ccccc76)c5)c5c(-c6ccccc6)cccc5-c5ccccc5)cc43)c2)cc1. The van der Waals surface area contributed by atoms with Gasteiger partial charge in [-0.05, 0) is 117 Å². The van der Waals surface area contributed by atoms with Crippen molar-refractivity contribution in [3.63, 3.8) is 0 Å². The standard InChI is InChI=1S/C72H51N5/c1-6-23-51(24-7-1)60-36-21-37-61(52-25-8-2-9-26-52)71(60)55-45-46-73-70(47-55)77-66-40-17-16-35-64(66)65-44-43-59(49-69(65)77)76(72-62(53-27-10-3-11-28-53)38-22-39-63(72)54-29-12-4-13-30-54)58-34-20-33-57(48-58)75-50-74(56-31-14-5-15-32-56)67-41-18-19-42-68(67)75/h1-49H,50H2.